The first-order chi connectivity index (χ1) is 8.96. The molecular formula is C9H11N5O5. The van der Waals surface area contributed by atoms with Crippen LogP contribution in [0.3, 0.4) is 0 Å². The van der Waals surface area contributed by atoms with Crippen molar-refractivity contribution in [1.82, 2.24) is 14.8 Å². The van der Waals surface area contributed by atoms with Crippen molar-refractivity contribution in [3.05, 3.63) is 16.7 Å². The number of aliphatic hydroxyl groups excluding tert-OH is 3. The predicted octanol–water partition coefficient (Wildman–Crippen LogP) is -3.49. The maximum absolute atomic E-state index is 11.7. The Bertz CT molecular complexity index is 583. The highest BCUT2D eigenvalue weighted by Gasteiger charge is 2.57. The number of rotatable bonds is 2. The summed E-state index contributed by atoms with van der Waals surface area (Å²) in [7, 11) is 0. The second-order valence-corrected chi connectivity index (χ2v) is 3.96. The minimum Gasteiger partial charge on any atom is -0.394 e. The van der Waals surface area contributed by atoms with E-state index in [-0.39, 0.29) is 5.82 Å². The Kier molecular flexibility index (Phi) is 3.21. The van der Waals surface area contributed by atoms with Gasteiger partial charge in [-0.2, -0.15) is 20.0 Å². The Balaban J connectivity index is 2.56. The van der Waals surface area contributed by atoms with Crippen LogP contribution >= 0.6 is 0 Å². The van der Waals surface area contributed by atoms with Crippen LogP contribution in [0, 0.1) is 11.3 Å². The number of nitriles is 1. The van der Waals surface area contributed by atoms with E-state index in [9.17, 15) is 20.3 Å². The van der Waals surface area contributed by atoms with Crippen LogP contribution in [-0.2, 0) is 10.5 Å². The first-order valence-electron chi connectivity index (χ1n) is 5.24. The van der Waals surface area contributed by atoms with Gasteiger partial charge in [0.1, 0.15) is 30.2 Å². The lowest BCUT2D eigenvalue weighted by atomic mass is 10.0. The molecule has 0 aliphatic carbocycles. The molecule has 0 bridgehead atoms. The molecule has 102 valence electrons. The van der Waals surface area contributed by atoms with Gasteiger partial charge >= 0.3 is 5.69 Å². The minimum absolute atomic E-state index is 0.166. The summed E-state index contributed by atoms with van der Waals surface area (Å²) in [5, 5.41) is 41.3. The van der Waals surface area contributed by atoms with Gasteiger partial charge in [-0.3, -0.25) is 0 Å². The van der Waals surface area contributed by atoms with Crippen molar-refractivity contribution < 1.29 is 20.1 Å². The minimum atomic E-state index is -2.26. The molecule has 1 aromatic heterocycles. The molecule has 19 heavy (non-hydrogen) atoms. The van der Waals surface area contributed by atoms with Crippen LogP contribution in [0.25, 0.3) is 0 Å². The topological polar surface area (TPSA) is 168 Å². The van der Waals surface area contributed by atoms with E-state index in [0.717, 1.165) is 6.20 Å². The summed E-state index contributed by atoms with van der Waals surface area (Å²) in [5.74, 6) is -0.166. The lowest BCUT2D eigenvalue weighted by molar-refractivity contribution is -0.116. The summed E-state index contributed by atoms with van der Waals surface area (Å²) in [6.45, 7) is -0.640. The fourth-order valence-corrected chi connectivity index (χ4v) is 1.85. The van der Waals surface area contributed by atoms with E-state index in [4.69, 9.17) is 15.6 Å². The molecule has 0 aromatic carbocycles. The zero-order valence-electron chi connectivity index (χ0n) is 9.54. The number of nitrogen functional groups attached to an aromatic ring is 1. The molecule has 1 unspecified atom stereocenters. The van der Waals surface area contributed by atoms with Crippen molar-refractivity contribution in [3.8, 4) is 6.07 Å². The van der Waals surface area contributed by atoms with Crippen LogP contribution in [0.2, 0.25) is 0 Å². The monoisotopic (exact) mass is 269 g/mol. The second kappa shape index (κ2) is 4.56. The Morgan fingerprint density at radius 3 is 2.79 bits per heavy atom. The highest BCUT2D eigenvalue weighted by molar-refractivity contribution is 5.21. The maximum atomic E-state index is 11.7. The van der Waals surface area contributed by atoms with Gasteiger partial charge < -0.3 is 25.8 Å². The standard InChI is InChI=1S/C9H11N5O5/c10-3-9(7(17)6(16)4(2-15)19-9)14-8(18)13-5(11)1-12-14/h1,4,6-7,15-17H,2H2,(H2,11,13,18)/t4-,6+,7?,9-/m1/s1. The average molecular weight is 269 g/mol. The summed E-state index contributed by atoms with van der Waals surface area (Å²) >= 11 is 0. The number of nitrogens with zero attached hydrogens (tertiary/aromatic N) is 4. The fourth-order valence-electron chi connectivity index (χ4n) is 1.85. The molecule has 4 atom stereocenters. The number of nitrogens with two attached hydrogens (primary N) is 1. The summed E-state index contributed by atoms with van der Waals surface area (Å²) in [4.78, 5) is 15.0. The zero-order chi connectivity index (χ0) is 14.2. The number of hydrogen-bond donors (Lipinski definition) is 4. The van der Waals surface area contributed by atoms with Crippen LogP contribution in [0.1, 0.15) is 0 Å². The third-order valence-corrected chi connectivity index (χ3v) is 2.80. The molecule has 2 rings (SSSR count). The zero-order valence-corrected chi connectivity index (χ0v) is 9.54. The molecule has 0 spiro atoms. The van der Waals surface area contributed by atoms with Crippen molar-refractivity contribution in [2.75, 3.05) is 12.3 Å². The smallest absolute Gasteiger partial charge is 0.369 e. The molecule has 1 fully saturated rings. The lowest BCUT2D eigenvalue weighted by Crippen LogP contribution is -2.51. The van der Waals surface area contributed by atoms with Gasteiger partial charge in [0, 0.05) is 0 Å². The highest BCUT2D eigenvalue weighted by atomic mass is 16.6. The molecule has 1 aliphatic rings. The van der Waals surface area contributed by atoms with Crippen molar-refractivity contribution >= 4 is 5.82 Å². The first-order valence-corrected chi connectivity index (χ1v) is 5.24. The molecular weight excluding hydrogens is 258 g/mol. The van der Waals surface area contributed by atoms with Crippen molar-refractivity contribution in [2.24, 2.45) is 0 Å². The van der Waals surface area contributed by atoms with E-state index in [1.54, 1.807) is 6.07 Å². The van der Waals surface area contributed by atoms with Crippen LogP contribution < -0.4 is 11.4 Å². The summed E-state index contributed by atoms with van der Waals surface area (Å²) in [6.07, 6.45) is -3.54. The molecule has 5 N–H and O–H groups in total. The van der Waals surface area contributed by atoms with E-state index >= 15 is 0 Å². The van der Waals surface area contributed by atoms with E-state index in [2.05, 4.69) is 10.1 Å². The van der Waals surface area contributed by atoms with Gasteiger partial charge in [-0.25, -0.2) is 4.79 Å². The normalized spacial score (nSPS) is 34.1. The molecule has 0 radical (unpaired) electrons. The molecule has 10 heteroatoms. The van der Waals surface area contributed by atoms with Crippen molar-refractivity contribution in [1.29, 1.82) is 5.26 Å². The predicted molar refractivity (Wildman–Crippen MR) is 58.3 cm³/mol. The van der Waals surface area contributed by atoms with E-state index in [0.29, 0.717) is 4.68 Å². The number of aliphatic hydroxyl groups is 3. The molecule has 10 nitrogen and oxygen atoms in total. The third kappa shape index (κ3) is 1.85. The number of hydrogen-bond acceptors (Lipinski definition) is 9. The van der Waals surface area contributed by atoms with Gasteiger partial charge in [-0.1, -0.05) is 0 Å². The van der Waals surface area contributed by atoms with Gasteiger partial charge in [-0.15, -0.1) is 0 Å². The van der Waals surface area contributed by atoms with Crippen molar-refractivity contribution in [2.45, 2.75) is 24.0 Å². The van der Waals surface area contributed by atoms with Crippen LogP contribution in [0.15, 0.2) is 11.0 Å². The summed E-state index contributed by atoms with van der Waals surface area (Å²) in [6, 6.07) is 1.57. The highest BCUT2D eigenvalue weighted by Crippen LogP contribution is 2.33. The lowest BCUT2D eigenvalue weighted by Gasteiger charge is -2.24. The molecule has 0 saturated carbocycles. The SMILES string of the molecule is N#C[C@@]1(n2ncc(N)nc2=O)O[C@H](CO)[C@H](O)C1O. The van der Waals surface area contributed by atoms with E-state index in [1.807, 2.05) is 0 Å². The Morgan fingerprint density at radius 2 is 2.32 bits per heavy atom. The Labute approximate surface area is 106 Å². The van der Waals surface area contributed by atoms with Crippen LogP contribution in [0.4, 0.5) is 5.82 Å². The largest absolute Gasteiger partial charge is 0.394 e. The average Bonchev–Trinajstić information content (AvgIpc) is 2.64. The number of anilines is 1. The van der Waals surface area contributed by atoms with Gasteiger partial charge in [0.15, 0.2) is 0 Å². The molecule has 1 aromatic rings. The Morgan fingerprint density at radius 1 is 1.63 bits per heavy atom. The van der Waals surface area contributed by atoms with Crippen LogP contribution in [0.5, 0.6) is 0 Å². The van der Waals surface area contributed by atoms with Gasteiger partial charge in [0.05, 0.1) is 12.8 Å². The van der Waals surface area contributed by atoms with Gasteiger partial charge in [-0.05, 0) is 0 Å². The van der Waals surface area contributed by atoms with Crippen LogP contribution in [-0.4, -0.2) is 55.0 Å². The Hall–Kier alpha value is -2.06. The van der Waals surface area contributed by atoms with Gasteiger partial charge in [0.2, 0.25) is 0 Å². The first kappa shape index (κ1) is 13.4. The van der Waals surface area contributed by atoms with Gasteiger partial charge in [0.25, 0.3) is 5.72 Å². The number of aromatic nitrogens is 3. The molecule has 0 amide bonds. The quantitative estimate of drug-likeness (QED) is 0.425. The number of ether oxygens (including phenoxy) is 1. The van der Waals surface area contributed by atoms with Crippen molar-refractivity contribution in [3.63, 3.8) is 0 Å². The molecule has 1 saturated heterocycles. The maximum Gasteiger partial charge on any atom is 0.369 e. The molecule has 2 heterocycles. The molecule has 1 aliphatic heterocycles. The summed E-state index contributed by atoms with van der Waals surface area (Å²) < 4.78 is 5.57. The summed E-state index contributed by atoms with van der Waals surface area (Å²) in [5.41, 5.74) is 1.98. The fraction of sp³-hybridized carbons (Fsp3) is 0.556. The second-order valence-electron chi connectivity index (χ2n) is 3.96. The third-order valence-electron chi connectivity index (χ3n) is 2.80. The van der Waals surface area contributed by atoms with E-state index < -0.39 is 36.3 Å². The van der Waals surface area contributed by atoms with E-state index in [1.165, 1.54) is 0 Å².